The number of nitriles is 1. The zero-order valence-electron chi connectivity index (χ0n) is 7.79. The summed E-state index contributed by atoms with van der Waals surface area (Å²) < 4.78 is 11.0. The smallest absolute Gasteiger partial charge is 0.120 e. The molecule has 0 aliphatic heterocycles. The third-order valence-corrected chi connectivity index (χ3v) is 2.31. The van der Waals surface area contributed by atoms with Gasteiger partial charge in [-0.3, -0.25) is 0 Å². The fourth-order valence-electron chi connectivity index (χ4n) is 0.923. The van der Waals surface area contributed by atoms with Gasteiger partial charge in [0, 0.05) is 11.6 Å². The lowest BCUT2D eigenvalue weighted by atomic mass is 10.2. The molecule has 0 N–H and O–H groups in total. The van der Waals surface area contributed by atoms with E-state index in [1.165, 1.54) is 0 Å². The first-order chi connectivity index (χ1) is 6.77. The zero-order valence-corrected chi connectivity index (χ0v) is 9.37. The van der Waals surface area contributed by atoms with Gasteiger partial charge in [-0.1, -0.05) is 0 Å². The standard InChI is InChI=1S/C10H10BrNO2/c1-13-4-5-14-9-2-3-10(11)8(6-9)7-12/h2-3,6H,4-5H2,1H3. The lowest BCUT2D eigenvalue weighted by molar-refractivity contribution is 0.146. The number of ether oxygens (including phenoxy) is 2. The average Bonchev–Trinajstić information content (AvgIpc) is 2.21. The first-order valence-corrected chi connectivity index (χ1v) is 4.88. The van der Waals surface area contributed by atoms with E-state index >= 15 is 0 Å². The van der Waals surface area contributed by atoms with Crippen molar-refractivity contribution >= 4 is 15.9 Å². The van der Waals surface area contributed by atoms with Gasteiger partial charge < -0.3 is 9.47 Å². The van der Waals surface area contributed by atoms with Gasteiger partial charge >= 0.3 is 0 Å². The van der Waals surface area contributed by atoms with E-state index in [1.54, 1.807) is 25.3 Å². The Morgan fingerprint density at radius 3 is 2.86 bits per heavy atom. The third kappa shape index (κ3) is 3.02. The minimum atomic E-state index is 0.489. The van der Waals surface area contributed by atoms with Crippen molar-refractivity contribution in [3.05, 3.63) is 28.2 Å². The van der Waals surface area contributed by atoms with Crippen molar-refractivity contribution in [1.29, 1.82) is 5.26 Å². The molecular formula is C10H10BrNO2. The van der Waals surface area contributed by atoms with Gasteiger partial charge in [0.2, 0.25) is 0 Å². The van der Waals surface area contributed by atoms with Crippen molar-refractivity contribution in [3.8, 4) is 11.8 Å². The van der Waals surface area contributed by atoms with Crippen LogP contribution < -0.4 is 4.74 Å². The summed E-state index contributed by atoms with van der Waals surface area (Å²) in [4.78, 5) is 0. The normalized spacial score (nSPS) is 9.50. The van der Waals surface area contributed by atoms with Gasteiger partial charge in [-0.05, 0) is 34.1 Å². The Labute approximate surface area is 91.4 Å². The number of benzene rings is 1. The number of hydrogen-bond acceptors (Lipinski definition) is 3. The summed E-state index contributed by atoms with van der Waals surface area (Å²) in [5.74, 6) is 0.682. The Bertz CT molecular complexity index is 346. The summed E-state index contributed by atoms with van der Waals surface area (Å²) in [5, 5.41) is 8.75. The largest absolute Gasteiger partial charge is 0.491 e. The second kappa shape index (κ2) is 5.63. The van der Waals surface area contributed by atoms with E-state index in [-0.39, 0.29) is 0 Å². The molecule has 0 bridgehead atoms. The molecule has 0 amide bonds. The van der Waals surface area contributed by atoms with Crippen LogP contribution in [0.25, 0.3) is 0 Å². The first kappa shape index (κ1) is 11.0. The Morgan fingerprint density at radius 1 is 1.43 bits per heavy atom. The van der Waals surface area contributed by atoms with Crippen LogP contribution in [0.15, 0.2) is 22.7 Å². The van der Waals surface area contributed by atoms with Crippen LogP contribution in [-0.4, -0.2) is 20.3 Å². The van der Waals surface area contributed by atoms with Gasteiger partial charge in [0.15, 0.2) is 0 Å². The molecule has 0 heterocycles. The monoisotopic (exact) mass is 255 g/mol. The molecule has 4 heteroatoms. The summed E-state index contributed by atoms with van der Waals surface area (Å²) >= 11 is 3.27. The van der Waals surface area contributed by atoms with Crippen molar-refractivity contribution in [2.24, 2.45) is 0 Å². The predicted octanol–water partition coefficient (Wildman–Crippen LogP) is 2.35. The Kier molecular flexibility index (Phi) is 4.44. The molecule has 0 saturated carbocycles. The molecule has 0 aliphatic carbocycles. The molecule has 1 rings (SSSR count). The average molecular weight is 256 g/mol. The molecule has 0 aliphatic rings. The topological polar surface area (TPSA) is 42.2 Å². The molecule has 0 saturated heterocycles. The molecule has 0 atom stereocenters. The van der Waals surface area contributed by atoms with Gasteiger partial charge in [0.25, 0.3) is 0 Å². The van der Waals surface area contributed by atoms with Gasteiger partial charge in [-0.25, -0.2) is 0 Å². The lowest BCUT2D eigenvalue weighted by Crippen LogP contribution is -2.04. The van der Waals surface area contributed by atoms with Gasteiger partial charge in [-0.15, -0.1) is 0 Å². The fourth-order valence-corrected chi connectivity index (χ4v) is 1.26. The second-order valence-electron chi connectivity index (χ2n) is 2.59. The maximum Gasteiger partial charge on any atom is 0.120 e. The summed E-state index contributed by atoms with van der Waals surface area (Å²) in [6.07, 6.45) is 0. The first-order valence-electron chi connectivity index (χ1n) is 4.09. The molecule has 14 heavy (non-hydrogen) atoms. The van der Waals surface area contributed by atoms with Crippen molar-refractivity contribution in [3.63, 3.8) is 0 Å². The van der Waals surface area contributed by atoms with E-state index < -0.39 is 0 Å². The van der Waals surface area contributed by atoms with Crippen LogP contribution >= 0.6 is 15.9 Å². The molecular weight excluding hydrogens is 246 g/mol. The molecule has 0 fully saturated rings. The minimum Gasteiger partial charge on any atom is -0.491 e. The van der Waals surface area contributed by atoms with Gasteiger partial charge in [0.05, 0.1) is 12.2 Å². The van der Waals surface area contributed by atoms with Crippen LogP contribution in [0.2, 0.25) is 0 Å². The summed E-state index contributed by atoms with van der Waals surface area (Å²) in [6, 6.07) is 7.36. The molecule has 74 valence electrons. The highest BCUT2D eigenvalue weighted by Crippen LogP contribution is 2.21. The number of methoxy groups -OCH3 is 1. The molecule has 1 aromatic rings. The van der Waals surface area contributed by atoms with E-state index in [0.29, 0.717) is 24.5 Å². The van der Waals surface area contributed by atoms with Crippen molar-refractivity contribution in [2.75, 3.05) is 20.3 Å². The van der Waals surface area contributed by atoms with Crippen LogP contribution in [-0.2, 0) is 4.74 Å². The van der Waals surface area contributed by atoms with Crippen LogP contribution in [0.3, 0.4) is 0 Å². The van der Waals surface area contributed by atoms with Gasteiger partial charge in [0.1, 0.15) is 18.4 Å². The maximum atomic E-state index is 8.75. The highest BCUT2D eigenvalue weighted by Gasteiger charge is 2.00. The Hall–Kier alpha value is -1.05. The molecule has 0 unspecified atom stereocenters. The SMILES string of the molecule is COCCOc1ccc(Br)c(C#N)c1. The van der Waals surface area contributed by atoms with E-state index in [4.69, 9.17) is 14.7 Å². The second-order valence-corrected chi connectivity index (χ2v) is 3.45. The van der Waals surface area contributed by atoms with Crippen LogP contribution in [0, 0.1) is 11.3 Å². The quantitative estimate of drug-likeness (QED) is 0.776. The Balaban J connectivity index is 2.66. The molecule has 3 nitrogen and oxygen atoms in total. The number of halogens is 1. The zero-order chi connectivity index (χ0) is 10.4. The molecule has 0 aromatic heterocycles. The summed E-state index contributed by atoms with van der Waals surface area (Å²) in [6.45, 7) is 1.03. The fraction of sp³-hybridized carbons (Fsp3) is 0.300. The van der Waals surface area contributed by atoms with E-state index in [0.717, 1.165) is 4.47 Å². The molecule has 1 aromatic carbocycles. The van der Waals surface area contributed by atoms with E-state index in [9.17, 15) is 0 Å². The van der Waals surface area contributed by atoms with Crippen LogP contribution in [0.5, 0.6) is 5.75 Å². The van der Waals surface area contributed by atoms with E-state index in [2.05, 4.69) is 22.0 Å². The van der Waals surface area contributed by atoms with Crippen molar-refractivity contribution < 1.29 is 9.47 Å². The van der Waals surface area contributed by atoms with E-state index in [1.807, 2.05) is 0 Å². The Morgan fingerprint density at radius 2 is 2.21 bits per heavy atom. The highest BCUT2D eigenvalue weighted by atomic mass is 79.9. The van der Waals surface area contributed by atoms with Crippen LogP contribution in [0.1, 0.15) is 5.56 Å². The third-order valence-electron chi connectivity index (χ3n) is 1.61. The maximum absolute atomic E-state index is 8.75. The summed E-state index contributed by atoms with van der Waals surface area (Å²) in [5.41, 5.74) is 0.569. The highest BCUT2D eigenvalue weighted by molar-refractivity contribution is 9.10. The van der Waals surface area contributed by atoms with Crippen molar-refractivity contribution in [1.82, 2.24) is 0 Å². The van der Waals surface area contributed by atoms with Crippen LogP contribution in [0.4, 0.5) is 0 Å². The summed E-state index contributed by atoms with van der Waals surface area (Å²) in [7, 11) is 1.62. The number of rotatable bonds is 4. The lowest BCUT2D eigenvalue weighted by Gasteiger charge is -2.05. The van der Waals surface area contributed by atoms with Gasteiger partial charge in [-0.2, -0.15) is 5.26 Å². The molecule has 0 spiro atoms. The van der Waals surface area contributed by atoms with Crippen molar-refractivity contribution in [2.45, 2.75) is 0 Å². The number of hydrogen-bond donors (Lipinski definition) is 0. The molecule has 0 radical (unpaired) electrons. The predicted molar refractivity (Wildman–Crippen MR) is 56.2 cm³/mol. The number of nitrogens with zero attached hydrogens (tertiary/aromatic N) is 1. The minimum absolute atomic E-state index is 0.489.